The van der Waals surface area contributed by atoms with Gasteiger partial charge in [0, 0.05) is 29.9 Å². The van der Waals surface area contributed by atoms with E-state index in [-0.39, 0.29) is 0 Å². The van der Waals surface area contributed by atoms with Gasteiger partial charge in [-0.25, -0.2) is 13.4 Å². The average Bonchev–Trinajstić information content (AvgIpc) is 3.05. The molecule has 0 saturated carbocycles. The highest BCUT2D eigenvalue weighted by atomic mass is 35.5. The molecule has 1 aliphatic rings. The van der Waals surface area contributed by atoms with Crippen LogP contribution in [0, 0.1) is 5.92 Å². The monoisotopic (exact) mass is 427 g/mol. The summed E-state index contributed by atoms with van der Waals surface area (Å²) in [6.07, 6.45) is 4.04. The number of benzene rings is 1. The van der Waals surface area contributed by atoms with E-state index in [0.29, 0.717) is 21.6 Å². The molecule has 8 heteroatoms. The first-order chi connectivity index (χ1) is 12.8. The van der Waals surface area contributed by atoms with E-state index >= 15 is 0 Å². The van der Waals surface area contributed by atoms with Gasteiger partial charge < -0.3 is 10.2 Å². The second-order valence-corrected chi connectivity index (χ2v) is 11.5. The topological polar surface area (TPSA) is 62.3 Å². The van der Waals surface area contributed by atoms with Crippen molar-refractivity contribution in [1.29, 1.82) is 0 Å². The molecular weight excluding hydrogens is 402 g/mol. The maximum atomic E-state index is 12.8. The van der Waals surface area contributed by atoms with Crippen LogP contribution in [-0.2, 0) is 16.4 Å². The zero-order valence-electron chi connectivity index (χ0n) is 15.9. The molecule has 1 fully saturated rings. The predicted molar refractivity (Wildman–Crippen MR) is 114 cm³/mol. The van der Waals surface area contributed by atoms with Gasteiger partial charge in [0.05, 0.1) is 22.4 Å². The molecule has 0 unspecified atom stereocenters. The highest BCUT2D eigenvalue weighted by molar-refractivity contribution is 7.92. The number of thiazole rings is 1. The maximum Gasteiger partial charge on any atom is 0.183 e. The van der Waals surface area contributed by atoms with Gasteiger partial charge in [-0.15, -0.1) is 11.3 Å². The fourth-order valence-corrected chi connectivity index (χ4v) is 5.29. The molecule has 2 aromatic rings. The molecular formula is C19H26ClN3O2S2. The average molecular weight is 428 g/mol. The SMILES string of the molecule is CC1CCN(c2ccc(S(=O)(=O)C(C)C)c(NCc3cnc(Cl)s3)c2)CC1. The first-order valence-corrected chi connectivity index (χ1v) is 12.0. The summed E-state index contributed by atoms with van der Waals surface area (Å²) in [5, 5.41) is 2.82. The Balaban J connectivity index is 1.90. The highest BCUT2D eigenvalue weighted by Gasteiger charge is 2.24. The summed E-state index contributed by atoms with van der Waals surface area (Å²) in [6, 6.07) is 5.64. The number of rotatable bonds is 6. The van der Waals surface area contributed by atoms with Gasteiger partial charge in [0.25, 0.3) is 0 Å². The van der Waals surface area contributed by atoms with Gasteiger partial charge in [0.2, 0.25) is 0 Å². The van der Waals surface area contributed by atoms with Crippen LogP contribution in [0.1, 0.15) is 38.5 Å². The number of anilines is 2. The van der Waals surface area contributed by atoms with Crippen LogP contribution in [0.2, 0.25) is 4.47 Å². The van der Waals surface area contributed by atoms with E-state index in [1.807, 2.05) is 12.1 Å². The Labute approximate surface area is 170 Å². The Morgan fingerprint density at radius 2 is 2.04 bits per heavy atom. The third-order valence-corrected chi connectivity index (χ3v) is 8.34. The van der Waals surface area contributed by atoms with Gasteiger partial charge in [-0.05, 0) is 50.8 Å². The molecule has 148 valence electrons. The quantitative estimate of drug-likeness (QED) is 0.715. The molecule has 0 aliphatic carbocycles. The molecule has 0 radical (unpaired) electrons. The number of aromatic nitrogens is 1. The first kappa shape index (κ1) is 20.4. The van der Waals surface area contributed by atoms with E-state index in [0.717, 1.165) is 42.4 Å². The van der Waals surface area contributed by atoms with E-state index in [2.05, 4.69) is 22.1 Å². The molecule has 27 heavy (non-hydrogen) atoms. The zero-order valence-corrected chi connectivity index (χ0v) is 18.3. The minimum atomic E-state index is -3.38. The molecule has 2 heterocycles. The van der Waals surface area contributed by atoms with E-state index in [1.165, 1.54) is 11.3 Å². The minimum absolute atomic E-state index is 0.349. The lowest BCUT2D eigenvalue weighted by Gasteiger charge is -2.32. The summed E-state index contributed by atoms with van der Waals surface area (Å²) in [7, 11) is -3.38. The lowest BCUT2D eigenvalue weighted by molar-refractivity contribution is 0.438. The van der Waals surface area contributed by atoms with Gasteiger partial charge >= 0.3 is 0 Å². The van der Waals surface area contributed by atoms with Crippen molar-refractivity contribution in [2.45, 2.75) is 50.3 Å². The number of sulfone groups is 1. The molecule has 5 nitrogen and oxygen atoms in total. The van der Waals surface area contributed by atoms with Crippen molar-refractivity contribution in [3.05, 3.63) is 33.7 Å². The van der Waals surface area contributed by atoms with Crippen molar-refractivity contribution in [3.8, 4) is 0 Å². The molecule has 1 aliphatic heterocycles. The van der Waals surface area contributed by atoms with Crippen molar-refractivity contribution >= 4 is 44.1 Å². The summed E-state index contributed by atoms with van der Waals surface area (Å²) >= 11 is 7.29. The molecule has 0 spiro atoms. The van der Waals surface area contributed by atoms with Crippen LogP contribution in [0.4, 0.5) is 11.4 Å². The van der Waals surface area contributed by atoms with Gasteiger partial charge in [-0.2, -0.15) is 0 Å². The van der Waals surface area contributed by atoms with Crippen LogP contribution in [-0.4, -0.2) is 31.7 Å². The number of nitrogens with one attached hydrogen (secondary N) is 1. The third-order valence-electron chi connectivity index (χ3n) is 5.02. The fourth-order valence-electron chi connectivity index (χ4n) is 3.17. The Kier molecular flexibility index (Phi) is 6.33. The van der Waals surface area contributed by atoms with Crippen molar-refractivity contribution in [3.63, 3.8) is 0 Å². The van der Waals surface area contributed by atoms with Gasteiger partial charge in [-0.3, -0.25) is 0 Å². The number of hydrogen-bond acceptors (Lipinski definition) is 6. The lowest BCUT2D eigenvalue weighted by Crippen LogP contribution is -2.32. The standard InChI is InChI=1S/C19H26ClN3O2S2/c1-13(2)27(24,25)18-5-4-15(23-8-6-14(3)7-9-23)10-17(18)21-11-16-12-22-19(20)26-16/h4-5,10,12-14,21H,6-9,11H2,1-3H3. The Morgan fingerprint density at radius 3 is 2.63 bits per heavy atom. The zero-order chi connectivity index (χ0) is 19.6. The van der Waals surface area contributed by atoms with E-state index in [9.17, 15) is 8.42 Å². The largest absolute Gasteiger partial charge is 0.379 e. The van der Waals surface area contributed by atoms with Crippen LogP contribution in [0.5, 0.6) is 0 Å². The summed E-state index contributed by atoms with van der Waals surface area (Å²) in [5.74, 6) is 0.746. The Hall–Kier alpha value is -1.31. The fraction of sp³-hybridized carbons (Fsp3) is 0.526. The summed E-state index contributed by atoms with van der Waals surface area (Å²) in [5.41, 5.74) is 1.71. The molecule has 3 rings (SSSR count). The van der Waals surface area contributed by atoms with Crippen LogP contribution < -0.4 is 10.2 Å². The third kappa shape index (κ3) is 4.76. The van der Waals surface area contributed by atoms with E-state index < -0.39 is 15.1 Å². The normalized spacial score (nSPS) is 16.1. The number of piperidine rings is 1. The summed E-state index contributed by atoms with van der Waals surface area (Å²) in [4.78, 5) is 7.69. The summed E-state index contributed by atoms with van der Waals surface area (Å²) in [6.45, 7) is 8.20. The van der Waals surface area contributed by atoms with Crippen molar-refractivity contribution in [2.24, 2.45) is 5.92 Å². The second kappa shape index (κ2) is 8.37. The molecule has 1 aromatic carbocycles. The van der Waals surface area contributed by atoms with E-state index in [1.54, 1.807) is 26.1 Å². The molecule has 1 saturated heterocycles. The lowest BCUT2D eigenvalue weighted by atomic mass is 9.99. The number of hydrogen-bond donors (Lipinski definition) is 1. The van der Waals surface area contributed by atoms with Gasteiger partial charge in [0.1, 0.15) is 0 Å². The Morgan fingerprint density at radius 1 is 1.33 bits per heavy atom. The van der Waals surface area contributed by atoms with Crippen molar-refractivity contribution in [2.75, 3.05) is 23.3 Å². The van der Waals surface area contributed by atoms with Crippen LogP contribution in [0.25, 0.3) is 0 Å². The number of nitrogens with zero attached hydrogens (tertiary/aromatic N) is 2. The predicted octanol–water partition coefficient (Wildman–Crippen LogP) is 4.83. The molecule has 0 bridgehead atoms. The number of halogens is 1. The van der Waals surface area contributed by atoms with Crippen molar-refractivity contribution < 1.29 is 8.42 Å². The van der Waals surface area contributed by atoms with Gasteiger partial charge in [-0.1, -0.05) is 18.5 Å². The maximum absolute atomic E-state index is 12.8. The van der Waals surface area contributed by atoms with Crippen LogP contribution >= 0.6 is 22.9 Å². The van der Waals surface area contributed by atoms with Crippen LogP contribution in [0.15, 0.2) is 29.3 Å². The van der Waals surface area contributed by atoms with Gasteiger partial charge in [0.15, 0.2) is 14.3 Å². The Bertz CT molecular complexity index is 888. The first-order valence-electron chi connectivity index (χ1n) is 9.24. The molecule has 0 amide bonds. The molecule has 0 atom stereocenters. The van der Waals surface area contributed by atoms with E-state index in [4.69, 9.17) is 11.6 Å². The highest BCUT2D eigenvalue weighted by Crippen LogP contribution is 2.32. The minimum Gasteiger partial charge on any atom is -0.379 e. The smallest absolute Gasteiger partial charge is 0.183 e. The van der Waals surface area contributed by atoms with Crippen LogP contribution in [0.3, 0.4) is 0 Å². The second-order valence-electron chi connectivity index (χ2n) is 7.38. The van der Waals surface area contributed by atoms with Crippen molar-refractivity contribution in [1.82, 2.24) is 4.98 Å². The molecule has 1 N–H and O–H groups in total. The molecule has 1 aromatic heterocycles. The summed E-state index contributed by atoms with van der Waals surface area (Å²) < 4.78 is 26.1.